The predicted molar refractivity (Wildman–Crippen MR) is 59.2 cm³/mol. The number of nitrogens with one attached hydrogen (secondary N) is 1. The smallest absolute Gasteiger partial charge is 0.246 e. The molecule has 6 heteroatoms. The second-order valence-corrected chi connectivity index (χ2v) is 4.13. The first-order chi connectivity index (χ1) is 7.93. The number of fused-ring (bicyclic) bond motifs is 1. The Morgan fingerprint density at radius 1 is 1.44 bits per heavy atom. The van der Waals surface area contributed by atoms with Crippen molar-refractivity contribution >= 4 is 22.5 Å². The number of thiophene rings is 1. The third-order valence-electron chi connectivity index (χ3n) is 2.07. The average molecular weight is 231 g/mol. The molecule has 0 aliphatic carbocycles. The quantitative estimate of drug-likeness (QED) is 0.746. The maximum absolute atomic E-state index is 5.57. The summed E-state index contributed by atoms with van der Waals surface area (Å²) in [5.74, 6) is 0.458. The van der Waals surface area contributed by atoms with Crippen LogP contribution in [-0.2, 0) is 6.61 Å². The van der Waals surface area contributed by atoms with Crippen LogP contribution in [0.25, 0.3) is 11.2 Å². The van der Waals surface area contributed by atoms with E-state index in [1.165, 1.54) is 0 Å². The van der Waals surface area contributed by atoms with Crippen LogP contribution in [0.2, 0.25) is 0 Å². The number of ether oxygens (including phenoxy) is 1. The lowest BCUT2D eigenvalue weighted by atomic mass is 10.5. The molecule has 0 saturated carbocycles. The zero-order valence-corrected chi connectivity index (χ0v) is 8.99. The molecule has 3 heterocycles. The van der Waals surface area contributed by atoms with Crippen molar-refractivity contribution in [1.29, 1.82) is 0 Å². The van der Waals surface area contributed by atoms with E-state index >= 15 is 0 Å². The lowest BCUT2D eigenvalue weighted by Crippen LogP contribution is -1.97. The van der Waals surface area contributed by atoms with E-state index in [9.17, 15) is 0 Å². The first-order valence-corrected chi connectivity index (χ1v) is 5.54. The minimum atomic E-state index is 0.458. The van der Waals surface area contributed by atoms with Crippen molar-refractivity contribution in [3.8, 4) is 5.88 Å². The van der Waals surface area contributed by atoms with Gasteiger partial charge in [0.1, 0.15) is 6.61 Å². The van der Waals surface area contributed by atoms with Gasteiger partial charge in [0.05, 0.1) is 6.33 Å². The van der Waals surface area contributed by atoms with E-state index in [0.717, 1.165) is 4.88 Å². The Morgan fingerprint density at radius 3 is 3.31 bits per heavy atom. The SMILES string of the molecule is [c]1nc(OCc2cccs2)c2nc[nH]c2n1. The molecule has 0 unspecified atom stereocenters. The van der Waals surface area contributed by atoms with Gasteiger partial charge in [0.15, 0.2) is 11.2 Å². The van der Waals surface area contributed by atoms with Gasteiger partial charge in [-0.15, -0.1) is 11.3 Å². The Balaban J connectivity index is 1.86. The molecule has 0 aromatic carbocycles. The van der Waals surface area contributed by atoms with Gasteiger partial charge in [0.2, 0.25) is 12.2 Å². The van der Waals surface area contributed by atoms with E-state index in [4.69, 9.17) is 4.74 Å². The summed E-state index contributed by atoms with van der Waals surface area (Å²) >= 11 is 1.64. The van der Waals surface area contributed by atoms with Gasteiger partial charge < -0.3 is 9.72 Å². The summed E-state index contributed by atoms with van der Waals surface area (Å²) in [6.45, 7) is 0.491. The van der Waals surface area contributed by atoms with Gasteiger partial charge in [-0.3, -0.25) is 0 Å². The van der Waals surface area contributed by atoms with Crippen LogP contribution < -0.4 is 4.74 Å². The molecule has 0 aliphatic heterocycles. The highest BCUT2D eigenvalue weighted by Gasteiger charge is 2.07. The Bertz CT molecular complexity index is 590. The topological polar surface area (TPSA) is 63.7 Å². The standard InChI is InChI=1S/C10H7N4OS/c1-2-7(16-3-1)4-15-10-8-9(12-5-11-8)13-6-14-10/h1-3,5H,4H2,(H,11,12,13,14). The molecule has 79 valence electrons. The monoisotopic (exact) mass is 231 g/mol. The second kappa shape index (κ2) is 3.90. The summed E-state index contributed by atoms with van der Waals surface area (Å²) < 4.78 is 5.57. The van der Waals surface area contributed by atoms with Gasteiger partial charge in [-0.2, -0.15) is 4.98 Å². The summed E-state index contributed by atoms with van der Waals surface area (Å²) in [6.07, 6.45) is 4.09. The van der Waals surface area contributed by atoms with Crippen LogP contribution in [-0.4, -0.2) is 19.9 Å². The molecule has 0 fully saturated rings. The van der Waals surface area contributed by atoms with Crippen LogP contribution >= 0.6 is 11.3 Å². The third kappa shape index (κ3) is 1.63. The van der Waals surface area contributed by atoms with Crippen molar-refractivity contribution in [1.82, 2.24) is 19.9 Å². The number of H-pyrrole nitrogens is 1. The summed E-state index contributed by atoms with van der Waals surface area (Å²) in [5, 5.41) is 2.01. The molecule has 0 bridgehead atoms. The molecule has 0 aliphatic rings. The van der Waals surface area contributed by atoms with E-state index < -0.39 is 0 Å². The average Bonchev–Trinajstić information content (AvgIpc) is 2.97. The first kappa shape index (κ1) is 9.29. The van der Waals surface area contributed by atoms with Gasteiger partial charge in [0.25, 0.3) is 0 Å². The van der Waals surface area contributed by atoms with Crippen LogP contribution in [0, 0.1) is 6.33 Å². The number of hydrogen-bond acceptors (Lipinski definition) is 5. The van der Waals surface area contributed by atoms with Gasteiger partial charge in [-0.1, -0.05) is 6.07 Å². The van der Waals surface area contributed by atoms with Crippen LogP contribution in [0.3, 0.4) is 0 Å². The Hall–Kier alpha value is -1.95. The Labute approximate surface area is 95.2 Å². The normalized spacial score (nSPS) is 10.8. The number of aromatic amines is 1. The van der Waals surface area contributed by atoms with E-state index in [-0.39, 0.29) is 0 Å². The highest BCUT2D eigenvalue weighted by molar-refractivity contribution is 7.09. The zero-order chi connectivity index (χ0) is 10.8. The van der Waals surface area contributed by atoms with Crippen molar-refractivity contribution in [3.63, 3.8) is 0 Å². The molecule has 3 aromatic heterocycles. The molecule has 1 N–H and O–H groups in total. The van der Waals surface area contributed by atoms with Crippen molar-refractivity contribution in [2.24, 2.45) is 0 Å². The highest BCUT2D eigenvalue weighted by Crippen LogP contribution is 2.19. The molecule has 0 saturated heterocycles. The zero-order valence-electron chi connectivity index (χ0n) is 8.17. The molecule has 3 rings (SSSR count). The van der Waals surface area contributed by atoms with E-state index in [1.807, 2.05) is 17.5 Å². The van der Waals surface area contributed by atoms with Crippen molar-refractivity contribution < 1.29 is 4.74 Å². The van der Waals surface area contributed by atoms with Crippen molar-refractivity contribution in [2.45, 2.75) is 6.61 Å². The number of nitrogens with zero attached hydrogens (tertiary/aromatic N) is 3. The second-order valence-electron chi connectivity index (χ2n) is 3.10. The number of hydrogen-bond donors (Lipinski definition) is 1. The van der Waals surface area contributed by atoms with E-state index in [2.05, 4.69) is 26.3 Å². The van der Waals surface area contributed by atoms with Gasteiger partial charge in [-0.25, -0.2) is 9.97 Å². The van der Waals surface area contributed by atoms with Crippen molar-refractivity contribution in [2.75, 3.05) is 0 Å². The number of rotatable bonds is 3. The Morgan fingerprint density at radius 2 is 2.44 bits per heavy atom. The molecule has 16 heavy (non-hydrogen) atoms. The third-order valence-corrected chi connectivity index (χ3v) is 2.92. The van der Waals surface area contributed by atoms with Gasteiger partial charge in [-0.05, 0) is 11.4 Å². The van der Waals surface area contributed by atoms with E-state index in [0.29, 0.717) is 23.7 Å². The number of aromatic nitrogens is 4. The van der Waals surface area contributed by atoms with Gasteiger partial charge in [0, 0.05) is 4.88 Å². The summed E-state index contributed by atoms with van der Waals surface area (Å²) in [7, 11) is 0. The summed E-state index contributed by atoms with van der Waals surface area (Å²) in [4.78, 5) is 16.0. The highest BCUT2D eigenvalue weighted by atomic mass is 32.1. The van der Waals surface area contributed by atoms with Crippen molar-refractivity contribution in [3.05, 3.63) is 35.0 Å². The minimum absolute atomic E-state index is 0.458. The van der Waals surface area contributed by atoms with Crippen LogP contribution in [0.4, 0.5) is 0 Å². The molecular weight excluding hydrogens is 224 g/mol. The Kier molecular flexibility index (Phi) is 2.26. The minimum Gasteiger partial charge on any atom is -0.470 e. The molecule has 0 spiro atoms. The van der Waals surface area contributed by atoms with Crippen LogP contribution in [0.5, 0.6) is 5.88 Å². The van der Waals surface area contributed by atoms with Crippen LogP contribution in [0.15, 0.2) is 23.8 Å². The summed E-state index contributed by atoms with van der Waals surface area (Å²) in [5.41, 5.74) is 1.27. The fraction of sp³-hybridized carbons (Fsp3) is 0.100. The predicted octanol–water partition coefficient (Wildman–Crippen LogP) is 1.79. The fourth-order valence-corrected chi connectivity index (χ4v) is 1.95. The van der Waals surface area contributed by atoms with E-state index in [1.54, 1.807) is 17.7 Å². The largest absolute Gasteiger partial charge is 0.470 e. The molecule has 0 amide bonds. The first-order valence-electron chi connectivity index (χ1n) is 4.66. The fourth-order valence-electron chi connectivity index (χ4n) is 1.34. The maximum atomic E-state index is 5.57. The molecule has 3 aromatic rings. The van der Waals surface area contributed by atoms with Gasteiger partial charge >= 0.3 is 0 Å². The lowest BCUT2D eigenvalue weighted by Gasteiger charge is -2.02. The molecule has 1 radical (unpaired) electrons. The van der Waals surface area contributed by atoms with Crippen LogP contribution in [0.1, 0.15) is 4.88 Å². The maximum Gasteiger partial charge on any atom is 0.246 e. The molecule has 5 nitrogen and oxygen atoms in total. The molecular formula is C10H7N4OS. The summed E-state index contributed by atoms with van der Waals surface area (Å²) in [6, 6.07) is 4.00. The lowest BCUT2D eigenvalue weighted by molar-refractivity contribution is 0.300. The molecule has 0 atom stereocenters. The number of imidazole rings is 1.